The molecule has 1 aliphatic heterocycles. The summed E-state index contributed by atoms with van der Waals surface area (Å²) in [6, 6.07) is 8.00. The van der Waals surface area contributed by atoms with Gasteiger partial charge in [0.25, 0.3) is 0 Å². The Kier molecular flexibility index (Phi) is 6.67. The maximum Gasteiger partial charge on any atom is 0.227 e. The van der Waals surface area contributed by atoms with Crippen LogP contribution in [0.4, 0.5) is 0 Å². The maximum absolute atomic E-state index is 12.8. The van der Waals surface area contributed by atoms with Gasteiger partial charge < -0.3 is 14.2 Å². The smallest absolute Gasteiger partial charge is 0.227 e. The number of aryl methyl sites for hydroxylation is 1. The Morgan fingerprint density at radius 2 is 2.25 bits per heavy atom. The highest BCUT2D eigenvalue weighted by molar-refractivity contribution is 5.79. The van der Waals surface area contributed by atoms with Gasteiger partial charge in [-0.15, -0.1) is 0 Å². The van der Waals surface area contributed by atoms with Gasteiger partial charge in [-0.25, -0.2) is 0 Å². The fraction of sp³-hybridized carbons (Fsp3) is 0.571. The third kappa shape index (κ3) is 5.55. The molecule has 0 spiro atoms. The van der Waals surface area contributed by atoms with Crippen LogP contribution in [-0.4, -0.2) is 58.1 Å². The standard InChI is InChI=1S/C21H30N4O3/c1-15(2)27-19-9-5-7-17(11-19)12-21(26)24(4)18-8-6-10-25(13-18)14-20-22-16(3)28-23-20/h5,7,9,11,15,18H,6,8,10,12-14H2,1-4H3/t18-/m0/s1. The quantitative estimate of drug-likeness (QED) is 0.729. The van der Waals surface area contributed by atoms with Crippen molar-refractivity contribution in [3.63, 3.8) is 0 Å². The first-order valence-corrected chi connectivity index (χ1v) is 9.93. The first-order valence-electron chi connectivity index (χ1n) is 9.93. The third-order valence-electron chi connectivity index (χ3n) is 4.98. The lowest BCUT2D eigenvalue weighted by Crippen LogP contribution is -2.48. The summed E-state index contributed by atoms with van der Waals surface area (Å²) in [4.78, 5) is 21.3. The Morgan fingerprint density at radius 3 is 2.96 bits per heavy atom. The number of aromatic nitrogens is 2. The van der Waals surface area contributed by atoms with E-state index in [1.165, 1.54) is 0 Å². The van der Waals surface area contributed by atoms with Gasteiger partial charge in [0.05, 0.1) is 19.1 Å². The third-order valence-corrected chi connectivity index (χ3v) is 4.98. The average molecular weight is 386 g/mol. The van der Waals surface area contributed by atoms with Crippen molar-refractivity contribution >= 4 is 5.91 Å². The average Bonchev–Trinajstić information content (AvgIpc) is 3.05. The summed E-state index contributed by atoms with van der Waals surface area (Å²) in [5, 5.41) is 3.98. The first kappa shape index (κ1) is 20.3. The Morgan fingerprint density at radius 1 is 1.43 bits per heavy atom. The van der Waals surface area contributed by atoms with Crippen LogP contribution in [0.15, 0.2) is 28.8 Å². The van der Waals surface area contributed by atoms with E-state index in [1.807, 2.05) is 50.1 Å². The Balaban J connectivity index is 1.56. The summed E-state index contributed by atoms with van der Waals surface area (Å²) in [7, 11) is 1.91. The van der Waals surface area contributed by atoms with E-state index < -0.39 is 0 Å². The molecule has 1 saturated heterocycles. The monoisotopic (exact) mass is 386 g/mol. The van der Waals surface area contributed by atoms with Gasteiger partial charge in [-0.05, 0) is 50.9 Å². The van der Waals surface area contributed by atoms with E-state index in [0.29, 0.717) is 24.7 Å². The second kappa shape index (κ2) is 9.19. The summed E-state index contributed by atoms with van der Waals surface area (Å²) in [6.07, 6.45) is 2.56. The summed E-state index contributed by atoms with van der Waals surface area (Å²) in [5.41, 5.74) is 0.977. The molecule has 0 unspecified atom stereocenters. The highest BCUT2D eigenvalue weighted by Gasteiger charge is 2.27. The summed E-state index contributed by atoms with van der Waals surface area (Å²) in [6.45, 7) is 8.26. The van der Waals surface area contributed by atoms with E-state index in [-0.39, 0.29) is 18.1 Å². The number of amides is 1. The largest absolute Gasteiger partial charge is 0.491 e. The van der Waals surface area contributed by atoms with Crippen molar-refractivity contribution in [2.45, 2.75) is 58.7 Å². The van der Waals surface area contributed by atoms with Crippen LogP contribution in [-0.2, 0) is 17.8 Å². The molecule has 0 aliphatic carbocycles. The summed E-state index contributed by atoms with van der Waals surface area (Å²) < 4.78 is 10.8. The molecule has 1 atom stereocenters. The van der Waals surface area contributed by atoms with Crippen LogP contribution in [0.1, 0.15) is 44.0 Å². The topological polar surface area (TPSA) is 71.7 Å². The van der Waals surface area contributed by atoms with E-state index >= 15 is 0 Å². The first-order chi connectivity index (χ1) is 13.4. The Hall–Kier alpha value is -2.41. The fourth-order valence-electron chi connectivity index (χ4n) is 3.60. The SMILES string of the molecule is Cc1nc(CN2CCC[C@H](N(C)C(=O)Cc3cccc(OC(C)C)c3)C2)no1. The van der Waals surface area contributed by atoms with E-state index in [1.54, 1.807) is 6.92 Å². The minimum atomic E-state index is 0.116. The number of hydrogen-bond donors (Lipinski definition) is 0. The van der Waals surface area contributed by atoms with Gasteiger partial charge >= 0.3 is 0 Å². The predicted molar refractivity (Wildman–Crippen MR) is 106 cm³/mol. The van der Waals surface area contributed by atoms with E-state index in [0.717, 1.165) is 37.2 Å². The van der Waals surface area contributed by atoms with Crippen LogP contribution in [0.25, 0.3) is 0 Å². The lowest BCUT2D eigenvalue weighted by atomic mass is 10.0. The Bertz CT molecular complexity index is 789. The molecular formula is C21H30N4O3. The van der Waals surface area contributed by atoms with Crippen molar-refractivity contribution in [1.29, 1.82) is 0 Å². The van der Waals surface area contributed by atoms with Gasteiger partial charge in [-0.3, -0.25) is 9.69 Å². The number of piperidine rings is 1. The Labute approximate surface area is 166 Å². The second-order valence-electron chi connectivity index (χ2n) is 7.76. The number of carbonyl (C=O) groups excluding carboxylic acids is 1. The highest BCUT2D eigenvalue weighted by Crippen LogP contribution is 2.19. The molecule has 152 valence electrons. The molecule has 1 aliphatic rings. The van der Waals surface area contributed by atoms with Crippen molar-refractivity contribution in [1.82, 2.24) is 19.9 Å². The molecule has 28 heavy (non-hydrogen) atoms. The highest BCUT2D eigenvalue weighted by atomic mass is 16.5. The van der Waals surface area contributed by atoms with Crippen LogP contribution < -0.4 is 4.74 Å². The zero-order chi connectivity index (χ0) is 20.1. The van der Waals surface area contributed by atoms with Gasteiger partial charge in [0.15, 0.2) is 5.82 Å². The number of carbonyl (C=O) groups is 1. The van der Waals surface area contributed by atoms with Crippen LogP contribution in [0, 0.1) is 6.92 Å². The molecule has 0 bridgehead atoms. The fourth-order valence-corrected chi connectivity index (χ4v) is 3.60. The van der Waals surface area contributed by atoms with Crippen molar-refractivity contribution in [3.8, 4) is 5.75 Å². The molecule has 1 fully saturated rings. The number of likely N-dealkylation sites (N-methyl/N-ethyl adjacent to an activating group) is 1. The number of likely N-dealkylation sites (tertiary alicyclic amines) is 1. The van der Waals surface area contributed by atoms with Gasteiger partial charge in [0.1, 0.15) is 5.75 Å². The van der Waals surface area contributed by atoms with Crippen LogP contribution in [0.5, 0.6) is 5.75 Å². The van der Waals surface area contributed by atoms with Crippen molar-refractivity contribution < 1.29 is 14.1 Å². The minimum absolute atomic E-state index is 0.116. The van der Waals surface area contributed by atoms with Gasteiger partial charge in [-0.1, -0.05) is 17.3 Å². The minimum Gasteiger partial charge on any atom is -0.491 e. The number of nitrogens with zero attached hydrogens (tertiary/aromatic N) is 4. The molecule has 1 amide bonds. The molecule has 0 N–H and O–H groups in total. The maximum atomic E-state index is 12.8. The molecule has 1 aromatic heterocycles. The predicted octanol–water partition coefficient (Wildman–Crippen LogP) is 2.83. The zero-order valence-electron chi connectivity index (χ0n) is 17.2. The number of rotatable bonds is 7. The summed E-state index contributed by atoms with van der Waals surface area (Å²) in [5.74, 6) is 2.22. The molecular weight excluding hydrogens is 356 g/mol. The van der Waals surface area contributed by atoms with E-state index in [2.05, 4.69) is 15.0 Å². The second-order valence-corrected chi connectivity index (χ2v) is 7.76. The van der Waals surface area contributed by atoms with Crippen LogP contribution >= 0.6 is 0 Å². The normalized spacial score (nSPS) is 17.7. The van der Waals surface area contributed by atoms with Crippen LogP contribution in [0.2, 0.25) is 0 Å². The van der Waals surface area contributed by atoms with Gasteiger partial charge in [0, 0.05) is 26.6 Å². The molecule has 2 aromatic rings. The number of hydrogen-bond acceptors (Lipinski definition) is 6. The molecule has 0 saturated carbocycles. The lowest BCUT2D eigenvalue weighted by Gasteiger charge is -2.37. The number of ether oxygens (including phenoxy) is 1. The van der Waals surface area contributed by atoms with Gasteiger partial charge in [-0.2, -0.15) is 4.98 Å². The molecule has 7 heteroatoms. The van der Waals surface area contributed by atoms with Crippen molar-refractivity contribution in [2.75, 3.05) is 20.1 Å². The van der Waals surface area contributed by atoms with Crippen LogP contribution in [0.3, 0.4) is 0 Å². The molecule has 2 heterocycles. The molecule has 7 nitrogen and oxygen atoms in total. The number of benzene rings is 1. The van der Waals surface area contributed by atoms with Crippen molar-refractivity contribution in [3.05, 3.63) is 41.5 Å². The molecule has 3 rings (SSSR count). The van der Waals surface area contributed by atoms with E-state index in [9.17, 15) is 4.79 Å². The molecule has 0 radical (unpaired) electrons. The van der Waals surface area contributed by atoms with Crippen molar-refractivity contribution in [2.24, 2.45) is 0 Å². The molecule has 1 aromatic carbocycles. The lowest BCUT2D eigenvalue weighted by molar-refractivity contribution is -0.132. The zero-order valence-corrected chi connectivity index (χ0v) is 17.2. The summed E-state index contributed by atoms with van der Waals surface area (Å²) >= 11 is 0. The van der Waals surface area contributed by atoms with E-state index in [4.69, 9.17) is 9.26 Å². The van der Waals surface area contributed by atoms with Gasteiger partial charge in [0.2, 0.25) is 11.8 Å².